The van der Waals surface area contributed by atoms with Gasteiger partial charge in [-0.15, -0.1) is 0 Å². The number of hydrogen-bond donors (Lipinski definition) is 0. The summed E-state index contributed by atoms with van der Waals surface area (Å²) in [5.74, 6) is 0.416. The van der Waals surface area contributed by atoms with Crippen molar-refractivity contribution in [3.05, 3.63) is 29.8 Å². The Kier molecular flexibility index (Phi) is 4.80. The average Bonchev–Trinajstić information content (AvgIpc) is 2.36. The Morgan fingerprint density at radius 2 is 2.32 bits per heavy atom. The predicted molar refractivity (Wildman–Crippen MR) is 73.3 cm³/mol. The van der Waals surface area contributed by atoms with Crippen molar-refractivity contribution in [3.63, 3.8) is 0 Å². The number of nitrogens with zero attached hydrogens (tertiary/aromatic N) is 1. The van der Waals surface area contributed by atoms with Gasteiger partial charge in [0.05, 0.1) is 0 Å². The minimum absolute atomic E-state index is 0.00681. The number of likely N-dealkylation sites (N-methyl/N-ethyl adjacent to an activating group) is 1. The minimum atomic E-state index is -0.290. The molecule has 1 fully saturated rings. The second kappa shape index (κ2) is 6.57. The Labute approximate surface area is 114 Å². The number of benzene rings is 1. The van der Waals surface area contributed by atoms with Gasteiger partial charge >= 0.3 is 5.97 Å². The third-order valence-electron chi connectivity index (χ3n) is 3.23. The van der Waals surface area contributed by atoms with Crippen molar-refractivity contribution in [1.82, 2.24) is 4.90 Å². The Balaban J connectivity index is 1.75. The highest BCUT2D eigenvalue weighted by molar-refractivity contribution is 5.71. The molecule has 0 N–H and O–H groups in total. The smallest absolute Gasteiger partial charge is 0.344 e. The molecule has 1 aliphatic heterocycles. The molecule has 0 saturated carbocycles. The maximum atomic E-state index is 11.7. The molecule has 0 radical (unpaired) electrons. The summed E-state index contributed by atoms with van der Waals surface area (Å²) in [7, 11) is 2.04. The minimum Gasteiger partial charge on any atom is -0.482 e. The maximum absolute atomic E-state index is 11.7. The molecular weight excluding hydrogens is 242 g/mol. The number of rotatable bonds is 4. The van der Waals surface area contributed by atoms with E-state index < -0.39 is 0 Å². The number of ether oxygens (including phenoxy) is 2. The number of esters is 1. The molecular formula is C15H21NO3. The van der Waals surface area contributed by atoms with Gasteiger partial charge in [0.1, 0.15) is 11.9 Å². The fourth-order valence-corrected chi connectivity index (χ4v) is 2.28. The quantitative estimate of drug-likeness (QED) is 0.779. The van der Waals surface area contributed by atoms with E-state index >= 15 is 0 Å². The summed E-state index contributed by atoms with van der Waals surface area (Å²) in [4.78, 5) is 13.9. The van der Waals surface area contributed by atoms with Crippen LogP contribution in [0.25, 0.3) is 0 Å². The Bertz CT molecular complexity index is 433. The van der Waals surface area contributed by atoms with E-state index in [9.17, 15) is 4.79 Å². The first-order valence-electron chi connectivity index (χ1n) is 6.71. The van der Waals surface area contributed by atoms with Crippen molar-refractivity contribution in [2.45, 2.75) is 25.9 Å². The van der Waals surface area contributed by atoms with Crippen LogP contribution in [0.2, 0.25) is 0 Å². The first-order valence-corrected chi connectivity index (χ1v) is 6.71. The molecule has 1 atom stereocenters. The van der Waals surface area contributed by atoms with Gasteiger partial charge in [-0.25, -0.2) is 4.79 Å². The molecule has 0 amide bonds. The van der Waals surface area contributed by atoms with E-state index in [2.05, 4.69) is 4.90 Å². The molecule has 19 heavy (non-hydrogen) atoms. The summed E-state index contributed by atoms with van der Waals surface area (Å²) in [5.41, 5.74) is 1.11. The van der Waals surface area contributed by atoms with Crippen molar-refractivity contribution in [3.8, 4) is 5.75 Å². The molecule has 2 rings (SSSR count). The zero-order valence-corrected chi connectivity index (χ0v) is 11.6. The highest BCUT2D eigenvalue weighted by Gasteiger charge is 2.20. The third-order valence-corrected chi connectivity index (χ3v) is 3.23. The number of piperidine rings is 1. The zero-order valence-electron chi connectivity index (χ0n) is 11.6. The van der Waals surface area contributed by atoms with Crippen LogP contribution in [0.3, 0.4) is 0 Å². The molecule has 0 aromatic heterocycles. The normalized spacial score (nSPS) is 20.0. The fraction of sp³-hybridized carbons (Fsp3) is 0.533. The van der Waals surface area contributed by atoms with Crippen molar-refractivity contribution in [1.29, 1.82) is 0 Å². The Hall–Kier alpha value is -1.55. The van der Waals surface area contributed by atoms with E-state index in [1.54, 1.807) is 0 Å². The van der Waals surface area contributed by atoms with Crippen LogP contribution in [-0.4, -0.2) is 43.7 Å². The van der Waals surface area contributed by atoms with Gasteiger partial charge in [0, 0.05) is 6.54 Å². The maximum Gasteiger partial charge on any atom is 0.344 e. The van der Waals surface area contributed by atoms with Crippen molar-refractivity contribution >= 4 is 5.97 Å². The molecule has 1 saturated heterocycles. The SMILES string of the molecule is Cc1cccc(OCC(=O)OC2CCCN(C)C2)c1. The molecule has 0 spiro atoms. The molecule has 1 unspecified atom stereocenters. The second-order valence-corrected chi connectivity index (χ2v) is 5.12. The molecule has 1 aromatic rings. The average molecular weight is 263 g/mol. The summed E-state index contributed by atoms with van der Waals surface area (Å²) in [6.07, 6.45) is 2.03. The molecule has 0 bridgehead atoms. The van der Waals surface area contributed by atoms with Gasteiger partial charge < -0.3 is 14.4 Å². The van der Waals surface area contributed by atoms with Gasteiger partial charge in [0.25, 0.3) is 0 Å². The van der Waals surface area contributed by atoms with Crippen LogP contribution in [0.15, 0.2) is 24.3 Å². The van der Waals surface area contributed by atoms with Gasteiger partial charge in [-0.3, -0.25) is 0 Å². The first kappa shape index (κ1) is 13.9. The summed E-state index contributed by atoms with van der Waals surface area (Å²) in [5, 5.41) is 0. The number of hydrogen-bond acceptors (Lipinski definition) is 4. The lowest BCUT2D eigenvalue weighted by molar-refractivity contribution is -0.153. The predicted octanol–water partition coefficient (Wildman–Crippen LogP) is 2.01. The number of likely N-dealkylation sites (tertiary alicyclic amines) is 1. The molecule has 1 aromatic carbocycles. The fourth-order valence-electron chi connectivity index (χ4n) is 2.28. The Morgan fingerprint density at radius 1 is 1.47 bits per heavy atom. The van der Waals surface area contributed by atoms with Crippen LogP contribution in [-0.2, 0) is 9.53 Å². The largest absolute Gasteiger partial charge is 0.482 e. The topological polar surface area (TPSA) is 38.8 Å². The highest BCUT2D eigenvalue weighted by Crippen LogP contribution is 2.14. The van der Waals surface area contributed by atoms with Crippen LogP contribution >= 0.6 is 0 Å². The molecule has 4 nitrogen and oxygen atoms in total. The molecule has 4 heteroatoms. The van der Waals surface area contributed by atoms with Crippen LogP contribution in [0.5, 0.6) is 5.75 Å². The van der Waals surface area contributed by atoms with Crippen molar-refractivity contribution < 1.29 is 14.3 Å². The van der Waals surface area contributed by atoms with Crippen LogP contribution in [0.1, 0.15) is 18.4 Å². The molecule has 1 heterocycles. The summed E-state index contributed by atoms with van der Waals surface area (Å²) in [6.45, 7) is 3.86. The lowest BCUT2D eigenvalue weighted by atomic mass is 10.1. The zero-order chi connectivity index (χ0) is 13.7. The number of carbonyl (C=O) groups excluding carboxylic acids is 1. The molecule has 0 aliphatic carbocycles. The highest BCUT2D eigenvalue weighted by atomic mass is 16.6. The molecule has 104 valence electrons. The van der Waals surface area contributed by atoms with E-state index in [-0.39, 0.29) is 18.7 Å². The summed E-state index contributed by atoms with van der Waals surface area (Å²) < 4.78 is 10.8. The monoisotopic (exact) mass is 263 g/mol. The lowest BCUT2D eigenvalue weighted by Crippen LogP contribution is -2.38. The molecule has 1 aliphatic rings. The second-order valence-electron chi connectivity index (χ2n) is 5.12. The van der Waals surface area contributed by atoms with Crippen LogP contribution < -0.4 is 4.74 Å². The van der Waals surface area contributed by atoms with Gasteiger partial charge in [-0.05, 0) is 51.1 Å². The summed E-state index contributed by atoms with van der Waals surface area (Å²) >= 11 is 0. The van der Waals surface area contributed by atoms with Gasteiger partial charge in [-0.1, -0.05) is 12.1 Å². The third kappa shape index (κ3) is 4.56. The van der Waals surface area contributed by atoms with E-state index in [4.69, 9.17) is 9.47 Å². The van der Waals surface area contributed by atoms with Crippen molar-refractivity contribution in [2.24, 2.45) is 0 Å². The van der Waals surface area contributed by atoms with E-state index in [0.717, 1.165) is 31.5 Å². The van der Waals surface area contributed by atoms with E-state index in [1.807, 2.05) is 38.2 Å². The van der Waals surface area contributed by atoms with E-state index in [0.29, 0.717) is 5.75 Å². The standard InChI is InChI=1S/C15H21NO3/c1-12-5-3-6-13(9-12)18-11-15(17)19-14-7-4-8-16(2)10-14/h3,5-6,9,14H,4,7-8,10-11H2,1-2H3. The van der Waals surface area contributed by atoms with Gasteiger partial charge in [0.15, 0.2) is 6.61 Å². The lowest BCUT2D eigenvalue weighted by Gasteiger charge is -2.29. The van der Waals surface area contributed by atoms with E-state index in [1.165, 1.54) is 0 Å². The van der Waals surface area contributed by atoms with Crippen LogP contribution in [0, 0.1) is 6.92 Å². The van der Waals surface area contributed by atoms with Gasteiger partial charge in [0.2, 0.25) is 0 Å². The number of carbonyl (C=O) groups is 1. The van der Waals surface area contributed by atoms with Gasteiger partial charge in [-0.2, -0.15) is 0 Å². The summed E-state index contributed by atoms with van der Waals surface area (Å²) in [6, 6.07) is 7.64. The Morgan fingerprint density at radius 3 is 3.05 bits per heavy atom. The van der Waals surface area contributed by atoms with Crippen molar-refractivity contribution in [2.75, 3.05) is 26.7 Å². The number of aryl methyl sites for hydroxylation is 1. The van der Waals surface area contributed by atoms with Crippen LogP contribution in [0.4, 0.5) is 0 Å². The first-order chi connectivity index (χ1) is 9.13.